The van der Waals surface area contributed by atoms with E-state index in [9.17, 15) is 0 Å². The number of benzene rings is 1. The molecule has 0 amide bonds. The van der Waals surface area contributed by atoms with E-state index in [4.69, 9.17) is 10.6 Å². The highest BCUT2D eigenvalue weighted by Crippen LogP contribution is 2.35. The first-order chi connectivity index (χ1) is 9.78. The van der Waals surface area contributed by atoms with Crippen molar-refractivity contribution in [3.63, 3.8) is 0 Å². The molecule has 6 nitrogen and oxygen atoms in total. The standard InChI is InChI=1S/C14H17N5O/c1-10-9-13(17-14(16-10)18-15)19-7-4-8-20-12-6-3-2-5-11(12)19/h2-3,5-6,9H,4,7-8,15H2,1H3,(H,16,17,18). The van der Waals surface area contributed by atoms with E-state index in [2.05, 4.69) is 20.3 Å². The van der Waals surface area contributed by atoms with E-state index >= 15 is 0 Å². The van der Waals surface area contributed by atoms with Gasteiger partial charge in [0.1, 0.15) is 11.6 Å². The third kappa shape index (κ3) is 2.37. The van der Waals surface area contributed by atoms with E-state index in [0.29, 0.717) is 12.6 Å². The van der Waals surface area contributed by atoms with Gasteiger partial charge < -0.3 is 9.64 Å². The van der Waals surface area contributed by atoms with Crippen molar-refractivity contribution in [3.05, 3.63) is 36.0 Å². The number of nitrogens with two attached hydrogens (primary N) is 1. The first-order valence-electron chi connectivity index (χ1n) is 6.59. The van der Waals surface area contributed by atoms with Crippen LogP contribution in [-0.4, -0.2) is 23.1 Å². The molecular weight excluding hydrogens is 254 g/mol. The van der Waals surface area contributed by atoms with Gasteiger partial charge in [-0.05, 0) is 25.5 Å². The highest BCUT2D eigenvalue weighted by Gasteiger charge is 2.19. The van der Waals surface area contributed by atoms with Gasteiger partial charge in [0.2, 0.25) is 5.95 Å². The molecule has 0 saturated heterocycles. The third-order valence-electron chi connectivity index (χ3n) is 3.19. The van der Waals surface area contributed by atoms with E-state index < -0.39 is 0 Å². The van der Waals surface area contributed by atoms with Gasteiger partial charge >= 0.3 is 0 Å². The fourth-order valence-corrected chi connectivity index (χ4v) is 2.32. The number of fused-ring (bicyclic) bond motifs is 1. The van der Waals surface area contributed by atoms with Crippen LogP contribution in [0.1, 0.15) is 12.1 Å². The number of anilines is 3. The molecule has 1 aliphatic heterocycles. The molecule has 20 heavy (non-hydrogen) atoms. The Bertz CT molecular complexity index is 616. The monoisotopic (exact) mass is 271 g/mol. The zero-order valence-electron chi connectivity index (χ0n) is 11.3. The van der Waals surface area contributed by atoms with Crippen molar-refractivity contribution in [3.8, 4) is 5.75 Å². The summed E-state index contributed by atoms with van der Waals surface area (Å²) in [6.07, 6.45) is 0.934. The van der Waals surface area contributed by atoms with Crippen molar-refractivity contribution in [2.75, 3.05) is 23.5 Å². The molecule has 1 aliphatic rings. The minimum Gasteiger partial charge on any atom is -0.491 e. The molecule has 3 N–H and O–H groups in total. The first-order valence-corrected chi connectivity index (χ1v) is 6.59. The molecule has 104 valence electrons. The van der Waals surface area contributed by atoms with E-state index in [0.717, 1.165) is 35.9 Å². The molecule has 1 aromatic heterocycles. The number of hydrogen-bond donors (Lipinski definition) is 2. The number of nitrogens with one attached hydrogen (secondary N) is 1. The van der Waals surface area contributed by atoms with Gasteiger partial charge in [-0.15, -0.1) is 0 Å². The zero-order chi connectivity index (χ0) is 13.9. The van der Waals surface area contributed by atoms with E-state index in [1.165, 1.54) is 0 Å². The van der Waals surface area contributed by atoms with Crippen LogP contribution in [0, 0.1) is 6.92 Å². The maximum atomic E-state index is 5.76. The Balaban J connectivity index is 2.07. The Kier molecular flexibility index (Phi) is 3.39. The van der Waals surface area contributed by atoms with E-state index in [1.807, 2.05) is 37.3 Å². The largest absolute Gasteiger partial charge is 0.491 e. The van der Waals surface area contributed by atoms with Gasteiger partial charge in [0, 0.05) is 18.3 Å². The molecule has 2 aromatic rings. The van der Waals surface area contributed by atoms with Crippen LogP contribution < -0.4 is 20.9 Å². The number of rotatable bonds is 2. The van der Waals surface area contributed by atoms with Crippen molar-refractivity contribution in [1.82, 2.24) is 9.97 Å². The summed E-state index contributed by atoms with van der Waals surface area (Å²) in [6.45, 7) is 3.48. The van der Waals surface area contributed by atoms with E-state index in [-0.39, 0.29) is 0 Å². The molecule has 0 aliphatic carbocycles. The van der Waals surface area contributed by atoms with Gasteiger partial charge in [-0.1, -0.05) is 12.1 Å². The normalized spacial score (nSPS) is 14.2. The van der Waals surface area contributed by atoms with Gasteiger partial charge in [-0.25, -0.2) is 10.8 Å². The fourth-order valence-electron chi connectivity index (χ4n) is 2.32. The van der Waals surface area contributed by atoms with Gasteiger partial charge in [-0.2, -0.15) is 4.98 Å². The van der Waals surface area contributed by atoms with E-state index in [1.54, 1.807) is 0 Å². The Labute approximate surface area is 117 Å². The molecular formula is C14H17N5O. The Morgan fingerprint density at radius 1 is 1.30 bits per heavy atom. The lowest BCUT2D eigenvalue weighted by Gasteiger charge is -2.23. The van der Waals surface area contributed by atoms with Crippen molar-refractivity contribution >= 4 is 17.5 Å². The van der Waals surface area contributed by atoms with Crippen LogP contribution in [0.4, 0.5) is 17.5 Å². The molecule has 2 heterocycles. The molecule has 0 unspecified atom stereocenters. The van der Waals surface area contributed by atoms with Crippen LogP contribution in [0.15, 0.2) is 30.3 Å². The summed E-state index contributed by atoms with van der Waals surface area (Å²) in [4.78, 5) is 10.8. The van der Waals surface area contributed by atoms with Crippen LogP contribution >= 0.6 is 0 Å². The average Bonchev–Trinajstić information content (AvgIpc) is 2.69. The number of nitrogen functional groups attached to an aromatic ring is 1. The summed E-state index contributed by atoms with van der Waals surface area (Å²) in [5, 5.41) is 0. The maximum absolute atomic E-state index is 5.76. The smallest absolute Gasteiger partial charge is 0.239 e. The summed E-state index contributed by atoms with van der Waals surface area (Å²) in [5.41, 5.74) is 4.39. The Hall–Kier alpha value is -2.34. The van der Waals surface area contributed by atoms with Gasteiger partial charge in [-0.3, -0.25) is 5.43 Å². The molecule has 0 bridgehead atoms. The summed E-state index contributed by atoms with van der Waals surface area (Å²) >= 11 is 0. The second-order valence-electron chi connectivity index (χ2n) is 4.66. The zero-order valence-corrected chi connectivity index (χ0v) is 11.3. The highest BCUT2D eigenvalue weighted by molar-refractivity contribution is 5.68. The first kappa shape index (κ1) is 12.7. The molecule has 3 rings (SSSR count). The molecule has 0 fully saturated rings. The average molecular weight is 271 g/mol. The number of para-hydroxylation sites is 2. The predicted octanol–water partition coefficient (Wildman–Crippen LogP) is 1.99. The van der Waals surface area contributed by atoms with Crippen LogP contribution in [0.5, 0.6) is 5.75 Å². The second kappa shape index (κ2) is 5.34. The Morgan fingerprint density at radius 3 is 3.00 bits per heavy atom. The lowest BCUT2D eigenvalue weighted by molar-refractivity contribution is 0.322. The minimum absolute atomic E-state index is 0.419. The van der Waals surface area contributed by atoms with Crippen LogP contribution in [0.2, 0.25) is 0 Å². The number of nitrogens with zero attached hydrogens (tertiary/aromatic N) is 3. The lowest BCUT2D eigenvalue weighted by Crippen LogP contribution is -2.21. The summed E-state index contributed by atoms with van der Waals surface area (Å²) < 4.78 is 5.76. The van der Waals surface area contributed by atoms with Gasteiger partial charge in [0.05, 0.1) is 12.3 Å². The van der Waals surface area contributed by atoms with Crippen LogP contribution in [0.3, 0.4) is 0 Å². The molecule has 0 atom stereocenters. The number of hydrazine groups is 1. The fraction of sp³-hybridized carbons (Fsp3) is 0.286. The molecule has 6 heteroatoms. The Morgan fingerprint density at radius 2 is 2.15 bits per heavy atom. The minimum atomic E-state index is 0.419. The molecule has 0 saturated carbocycles. The third-order valence-corrected chi connectivity index (χ3v) is 3.19. The van der Waals surface area contributed by atoms with Crippen molar-refractivity contribution < 1.29 is 4.74 Å². The van der Waals surface area contributed by atoms with Gasteiger partial charge in [0.15, 0.2) is 0 Å². The van der Waals surface area contributed by atoms with Crippen molar-refractivity contribution in [2.45, 2.75) is 13.3 Å². The maximum Gasteiger partial charge on any atom is 0.239 e. The van der Waals surface area contributed by atoms with Crippen LogP contribution in [0.25, 0.3) is 0 Å². The predicted molar refractivity (Wildman–Crippen MR) is 78.1 cm³/mol. The topological polar surface area (TPSA) is 76.3 Å². The molecule has 0 spiro atoms. The summed E-state index contributed by atoms with van der Waals surface area (Å²) in [6, 6.07) is 9.93. The number of aromatic nitrogens is 2. The van der Waals surface area contributed by atoms with Crippen molar-refractivity contribution in [1.29, 1.82) is 0 Å². The molecule has 1 aromatic carbocycles. The number of hydrogen-bond acceptors (Lipinski definition) is 6. The number of aryl methyl sites for hydroxylation is 1. The lowest BCUT2D eigenvalue weighted by atomic mass is 10.2. The van der Waals surface area contributed by atoms with Gasteiger partial charge in [0.25, 0.3) is 0 Å². The second-order valence-corrected chi connectivity index (χ2v) is 4.66. The van der Waals surface area contributed by atoms with Crippen LogP contribution in [-0.2, 0) is 0 Å². The highest BCUT2D eigenvalue weighted by atomic mass is 16.5. The summed E-state index contributed by atoms with van der Waals surface area (Å²) in [5.74, 6) is 7.54. The van der Waals surface area contributed by atoms with Crippen molar-refractivity contribution in [2.24, 2.45) is 5.84 Å². The number of ether oxygens (including phenoxy) is 1. The molecule has 0 radical (unpaired) electrons. The SMILES string of the molecule is Cc1cc(N2CCCOc3ccccc32)nc(NN)n1. The summed E-state index contributed by atoms with van der Waals surface area (Å²) in [7, 11) is 0. The quantitative estimate of drug-likeness (QED) is 0.642.